The molecule has 1 amide bonds. The third-order valence-electron chi connectivity index (χ3n) is 6.50. The molecule has 1 aromatic carbocycles. The van der Waals surface area contributed by atoms with Gasteiger partial charge in [-0.25, -0.2) is 9.97 Å². The summed E-state index contributed by atoms with van der Waals surface area (Å²) < 4.78 is 11.0. The predicted octanol–water partition coefficient (Wildman–Crippen LogP) is 2.38. The summed E-state index contributed by atoms with van der Waals surface area (Å²) in [6.45, 7) is 4.02. The van der Waals surface area contributed by atoms with Gasteiger partial charge in [0.15, 0.2) is 5.82 Å². The zero-order valence-corrected chi connectivity index (χ0v) is 17.9. The molecule has 1 atom stereocenters. The second-order valence-electron chi connectivity index (χ2n) is 8.59. The zero-order valence-electron chi connectivity index (χ0n) is 17.9. The number of hydrogen-bond donors (Lipinski definition) is 1. The monoisotopic (exact) mass is 422 g/mol. The molecule has 2 aromatic rings. The minimum atomic E-state index is -0.0298. The number of rotatable bonds is 5. The van der Waals surface area contributed by atoms with E-state index in [1.807, 2.05) is 18.2 Å². The molecule has 7 nitrogen and oxygen atoms in total. The molecule has 0 unspecified atom stereocenters. The van der Waals surface area contributed by atoms with Crippen LogP contribution in [0, 0.1) is 5.92 Å². The maximum Gasteiger partial charge on any atom is 0.223 e. The van der Waals surface area contributed by atoms with E-state index in [4.69, 9.17) is 19.4 Å². The molecule has 2 saturated heterocycles. The first-order chi connectivity index (χ1) is 15.3. The van der Waals surface area contributed by atoms with E-state index in [2.05, 4.69) is 22.3 Å². The molecule has 2 aliphatic heterocycles. The van der Waals surface area contributed by atoms with Crippen LogP contribution in [0.3, 0.4) is 0 Å². The Balaban J connectivity index is 1.24. The Kier molecular flexibility index (Phi) is 6.13. The number of nitrogens with one attached hydrogen (secondary N) is 1. The molecule has 3 aliphatic rings. The summed E-state index contributed by atoms with van der Waals surface area (Å²) in [5, 5.41) is 3.06. The summed E-state index contributed by atoms with van der Waals surface area (Å²) >= 11 is 0. The lowest BCUT2D eigenvalue weighted by atomic mass is 9.95. The number of ether oxygens (including phenoxy) is 2. The lowest BCUT2D eigenvalue weighted by molar-refractivity contribution is -0.128. The molecule has 3 heterocycles. The largest absolute Gasteiger partial charge is 0.376 e. The highest BCUT2D eigenvalue weighted by Gasteiger charge is 2.29. The molecule has 1 aliphatic carbocycles. The van der Waals surface area contributed by atoms with E-state index in [1.54, 1.807) is 0 Å². The third-order valence-corrected chi connectivity index (χ3v) is 6.50. The minimum absolute atomic E-state index is 0.0298. The summed E-state index contributed by atoms with van der Waals surface area (Å²) in [4.78, 5) is 24.9. The second kappa shape index (κ2) is 9.32. The van der Waals surface area contributed by atoms with Gasteiger partial charge in [-0.15, -0.1) is 0 Å². The number of piperidine rings is 1. The first-order valence-corrected chi connectivity index (χ1v) is 11.4. The fraction of sp³-hybridized carbons (Fsp3) is 0.542. The van der Waals surface area contributed by atoms with Crippen LogP contribution in [0.15, 0.2) is 30.3 Å². The van der Waals surface area contributed by atoms with Crippen molar-refractivity contribution in [3.05, 3.63) is 41.6 Å². The minimum Gasteiger partial charge on any atom is -0.376 e. The van der Waals surface area contributed by atoms with E-state index in [0.29, 0.717) is 26.4 Å². The Morgan fingerprint density at radius 2 is 1.94 bits per heavy atom. The van der Waals surface area contributed by atoms with Crippen molar-refractivity contribution in [2.75, 3.05) is 44.4 Å². The molecule has 1 aromatic heterocycles. The van der Waals surface area contributed by atoms with Crippen LogP contribution in [0.2, 0.25) is 0 Å². The zero-order chi connectivity index (χ0) is 21.0. The lowest BCUT2D eigenvalue weighted by Crippen LogP contribution is -2.45. The Bertz CT molecular complexity index is 907. The highest BCUT2D eigenvalue weighted by Crippen LogP contribution is 2.33. The number of benzene rings is 1. The number of aryl methyl sites for hydroxylation is 1. The van der Waals surface area contributed by atoms with E-state index in [0.717, 1.165) is 62.4 Å². The Morgan fingerprint density at radius 1 is 1.10 bits per heavy atom. The van der Waals surface area contributed by atoms with Gasteiger partial charge in [-0.3, -0.25) is 4.79 Å². The van der Waals surface area contributed by atoms with Gasteiger partial charge in [0.05, 0.1) is 25.9 Å². The van der Waals surface area contributed by atoms with Gasteiger partial charge in [-0.2, -0.15) is 0 Å². The fourth-order valence-corrected chi connectivity index (χ4v) is 4.76. The quantitative estimate of drug-likeness (QED) is 0.797. The average molecular weight is 423 g/mol. The lowest BCUT2D eigenvalue weighted by Gasteiger charge is -2.33. The van der Waals surface area contributed by atoms with Crippen LogP contribution in [0.5, 0.6) is 0 Å². The fourth-order valence-electron chi connectivity index (χ4n) is 4.76. The summed E-state index contributed by atoms with van der Waals surface area (Å²) in [5.74, 6) is 2.06. The normalized spacial score (nSPS) is 21.7. The molecule has 2 fully saturated rings. The van der Waals surface area contributed by atoms with Gasteiger partial charge in [0, 0.05) is 42.4 Å². The number of anilines is 1. The Morgan fingerprint density at radius 3 is 2.71 bits per heavy atom. The SMILES string of the molecule is O=C(NC[C@H]1COCCO1)C1CCN(c2nc(-c3ccccc3)nc3c2CCC3)CC1. The Hall–Kier alpha value is -2.51. The van der Waals surface area contributed by atoms with Crippen LogP contribution < -0.4 is 10.2 Å². The van der Waals surface area contributed by atoms with Crippen LogP contribution in [-0.2, 0) is 27.1 Å². The van der Waals surface area contributed by atoms with Crippen molar-refractivity contribution in [2.45, 2.75) is 38.2 Å². The molecule has 164 valence electrons. The van der Waals surface area contributed by atoms with E-state index in [-0.39, 0.29) is 17.9 Å². The van der Waals surface area contributed by atoms with Gasteiger partial charge >= 0.3 is 0 Å². The summed E-state index contributed by atoms with van der Waals surface area (Å²) in [6, 6.07) is 10.2. The Labute approximate surface area is 183 Å². The van der Waals surface area contributed by atoms with Crippen LogP contribution in [0.25, 0.3) is 11.4 Å². The standard InChI is InChI=1S/C24H30N4O3/c29-24(25-15-19-16-30-13-14-31-19)18-9-11-28(12-10-18)23-20-7-4-8-21(20)26-22(27-23)17-5-2-1-3-6-17/h1-3,5-6,18-19H,4,7-16H2,(H,25,29)/t19-/m0/s1. The van der Waals surface area contributed by atoms with Gasteiger partial charge in [-0.05, 0) is 32.1 Å². The number of aromatic nitrogens is 2. The van der Waals surface area contributed by atoms with E-state index in [9.17, 15) is 4.79 Å². The summed E-state index contributed by atoms with van der Waals surface area (Å²) in [6.07, 6.45) is 4.86. The van der Waals surface area contributed by atoms with Gasteiger partial charge in [0.1, 0.15) is 5.82 Å². The van der Waals surface area contributed by atoms with Crippen molar-refractivity contribution in [1.82, 2.24) is 15.3 Å². The predicted molar refractivity (Wildman–Crippen MR) is 118 cm³/mol. The van der Waals surface area contributed by atoms with Gasteiger partial charge in [0.25, 0.3) is 0 Å². The molecule has 7 heteroatoms. The van der Waals surface area contributed by atoms with Crippen LogP contribution in [0.4, 0.5) is 5.82 Å². The maximum absolute atomic E-state index is 12.7. The molecular formula is C24H30N4O3. The second-order valence-corrected chi connectivity index (χ2v) is 8.59. The van der Waals surface area contributed by atoms with Crippen molar-refractivity contribution in [3.63, 3.8) is 0 Å². The van der Waals surface area contributed by atoms with Gasteiger partial charge in [-0.1, -0.05) is 30.3 Å². The highest BCUT2D eigenvalue weighted by atomic mass is 16.6. The summed E-state index contributed by atoms with van der Waals surface area (Å²) in [5.41, 5.74) is 3.55. The number of amides is 1. The number of nitrogens with zero attached hydrogens (tertiary/aromatic N) is 3. The van der Waals surface area contributed by atoms with Crippen molar-refractivity contribution >= 4 is 11.7 Å². The average Bonchev–Trinajstić information content (AvgIpc) is 3.32. The van der Waals surface area contributed by atoms with Crippen LogP contribution >= 0.6 is 0 Å². The molecule has 31 heavy (non-hydrogen) atoms. The molecular weight excluding hydrogens is 392 g/mol. The maximum atomic E-state index is 12.7. The number of hydrogen-bond acceptors (Lipinski definition) is 6. The molecule has 0 saturated carbocycles. The summed E-state index contributed by atoms with van der Waals surface area (Å²) in [7, 11) is 0. The molecule has 0 radical (unpaired) electrons. The first-order valence-electron chi connectivity index (χ1n) is 11.4. The molecule has 1 N–H and O–H groups in total. The van der Waals surface area contributed by atoms with Crippen molar-refractivity contribution < 1.29 is 14.3 Å². The first kappa shape index (κ1) is 20.4. The van der Waals surface area contributed by atoms with E-state index >= 15 is 0 Å². The third kappa shape index (κ3) is 4.57. The van der Waals surface area contributed by atoms with Crippen LogP contribution in [0.1, 0.15) is 30.5 Å². The topological polar surface area (TPSA) is 76.6 Å². The van der Waals surface area contributed by atoms with Crippen molar-refractivity contribution in [3.8, 4) is 11.4 Å². The number of fused-ring (bicyclic) bond motifs is 1. The van der Waals surface area contributed by atoms with Gasteiger partial charge < -0.3 is 19.7 Å². The van der Waals surface area contributed by atoms with Crippen molar-refractivity contribution in [1.29, 1.82) is 0 Å². The van der Waals surface area contributed by atoms with Gasteiger partial charge in [0.2, 0.25) is 5.91 Å². The van der Waals surface area contributed by atoms with E-state index < -0.39 is 0 Å². The molecule has 0 bridgehead atoms. The highest BCUT2D eigenvalue weighted by molar-refractivity contribution is 5.79. The number of carbonyl (C=O) groups excluding carboxylic acids is 1. The van der Waals surface area contributed by atoms with Crippen LogP contribution in [-0.4, -0.2) is 61.4 Å². The van der Waals surface area contributed by atoms with E-state index in [1.165, 1.54) is 11.3 Å². The smallest absolute Gasteiger partial charge is 0.223 e. The molecule has 0 spiro atoms. The number of carbonyl (C=O) groups is 1. The van der Waals surface area contributed by atoms with Crippen molar-refractivity contribution in [2.24, 2.45) is 5.92 Å². The molecule has 5 rings (SSSR count).